The highest BCUT2D eigenvalue weighted by Gasteiger charge is 2.15. The average molecular weight is 255 g/mol. The zero-order valence-corrected chi connectivity index (χ0v) is 10.4. The molecule has 4 nitrogen and oxygen atoms in total. The summed E-state index contributed by atoms with van der Waals surface area (Å²) in [5.41, 5.74) is 6.90. The molecule has 2 N–H and O–H groups in total. The Bertz CT molecular complexity index is 621. The van der Waals surface area contributed by atoms with E-state index in [9.17, 15) is 9.59 Å². The van der Waals surface area contributed by atoms with Gasteiger partial charge in [-0.15, -0.1) is 0 Å². The first kappa shape index (κ1) is 12.8. The summed E-state index contributed by atoms with van der Waals surface area (Å²) in [6, 6.07) is 13.6. The van der Waals surface area contributed by atoms with Crippen LogP contribution >= 0.6 is 0 Å². The first-order valence-corrected chi connectivity index (χ1v) is 5.76. The molecule has 2 aromatic rings. The SMILES string of the molecule is CC(=O)Oc1cccc(C(=O)c2ccccc2)c1N. The molecule has 96 valence electrons. The second-order valence-electron chi connectivity index (χ2n) is 4.01. The zero-order valence-electron chi connectivity index (χ0n) is 10.4. The highest BCUT2D eigenvalue weighted by Crippen LogP contribution is 2.27. The quantitative estimate of drug-likeness (QED) is 0.396. The number of esters is 1. The van der Waals surface area contributed by atoms with Gasteiger partial charge in [-0.3, -0.25) is 9.59 Å². The molecule has 0 amide bonds. The van der Waals surface area contributed by atoms with Gasteiger partial charge in [0.25, 0.3) is 0 Å². The Morgan fingerprint density at radius 1 is 1.00 bits per heavy atom. The van der Waals surface area contributed by atoms with Gasteiger partial charge in [0.05, 0.1) is 5.69 Å². The average Bonchev–Trinajstić information content (AvgIpc) is 2.41. The zero-order chi connectivity index (χ0) is 13.8. The van der Waals surface area contributed by atoms with Gasteiger partial charge in [-0.05, 0) is 12.1 Å². The van der Waals surface area contributed by atoms with Crippen LogP contribution in [0, 0.1) is 0 Å². The first-order valence-electron chi connectivity index (χ1n) is 5.76. The summed E-state index contributed by atoms with van der Waals surface area (Å²) in [5.74, 6) is -0.475. The minimum absolute atomic E-state index is 0.173. The Labute approximate surface area is 110 Å². The molecule has 0 unspecified atom stereocenters. The Hall–Kier alpha value is -2.62. The van der Waals surface area contributed by atoms with Crippen LogP contribution in [0.5, 0.6) is 5.75 Å². The van der Waals surface area contributed by atoms with Crippen molar-refractivity contribution in [1.82, 2.24) is 0 Å². The molecule has 0 atom stereocenters. The number of benzene rings is 2. The van der Waals surface area contributed by atoms with Crippen LogP contribution in [0.25, 0.3) is 0 Å². The van der Waals surface area contributed by atoms with E-state index in [1.807, 2.05) is 6.07 Å². The fraction of sp³-hybridized carbons (Fsp3) is 0.0667. The summed E-state index contributed by atoms with van der Waals surface area (Å²) in [7, 11) is 0. The maximum atomic E-state index is 12.3. The van der Waals surface area contributed by atoms with Crippen molar-refractivity contribution in [3.63, 3.8) is 0 Å². The lowest BCUT2D eigenvalue weighted by Crippen LogP contribution is -2.09. The molecule has 19 heavy (non-hydrogen) atoms. The molecule has 0 spiro atoms. The molecule has 0 bridgehead atoms. The Morgan fingerprint density at radius 3 is 2.32 bits per heavy atom. The standard InChI is InChI=1S/C15H13NO3/c1-10(17)19-13-9-5-8-12(14(13)16)15(18)11-6-3-2-4-7-11/h2-9H,16H2,1H3. The molecule has 0 radical (unpaired) electrons. The summed E-state index contributed by atoms with van der Waals surface area (Å²) in [5, 5.41) is 0. The normalized spacial score (nSPS) is 9.95. The van der Waals surface area contributed by atoms with E-state index in [-0.39, 0.29) is 17.2 Å². The molecule has 2 rings (SSSR count). The molecule has 0 saturated heterocycles. The minimum atomic E-state index is -0.476. The first-order chi connectivity index (χ1) is 9.09. The van der Waals surface area contributed by atoms with E-state index < -0.39 is 5.97 Å². The largest absolute Gasteiger partial charge is 0.424 e. The minimum Gasteiger partial charge on any atom is -0.424 e. The van der Waals surface area contributed by atoms with Gasteiger partial charge in [0.1, 0.15) is 0 Å². The predicted octanol–water partition coefficient (Wildman–Crippen LogP) is 2.43. The van der Waals surface area contributed by atoms with E-state index in [2.05, 4.69) is 0 Å². The number of carbonyl (C=O) groups is 2. The van der Waals surface area contributed by atoms with Crippen molar-refractivity contribution < 1.29 is 14.3 Å². The molecule has 0 heterocycles. The number of hydrogen-bond acceptors (Lipinski definition) is 4. The van der Waals surface area contributed by atoms with Crippen LogP contribution in [0.2, 0.25) is 0 Å². The number of ketones is 1. The molecular weight excluding hydrogens is 242 g/mol. The maximum Gasteiger partial charge on any atom is 0.308 e. The Balaban J connectivity index is 2.41. The Morgan fingerprint density at radius 2 is 1.68 bits per heavy atom. The molecule has 2 aromatic carbocycles. The van der Waals surface area contributed by atoms with E-state index in [1.165, 1.54) is 6.92 Å². The molecule has 0 aromatic heterocycles. The van der Waals surface area contributed by atoms with Crippen LogP contribution in [0.15, 0.2) is 48.5 Å². The Kier molecular flexibility index (Phi) is 3.61. The van der Waals surface area contributed by atoms with Gasteiger partial charge in [0.2, 0.25) is 0 Å². The number of nitrogen functional groups attached to an aromatic ring is 1. The van der Waals surface area contributed by atoms with Crippen molar-refractivity contribution in [2.24, 2.45) is 0 Å². The number of rotatable bonds is 3. The number of para-hydroxylation sites is 1. The van der Waals surface area contributed by atoms with Crippen molar-refractivity contribution in [1.29, 1.82) is 0 Å². The number of ether oxygens (including phenoxy) is 1. The van der Waals surface area contributed by atoms with Gasteiger partial charge in [-0.2, -0.15) is 0 Å². The molecule has 0 saturated carbocycles. The topological polar surface area (TPSA) is 69.4 Å². The second kappa shape index (κ2) is 5.35. The van der Waals surface area contributed by atoms with Crippen LogP contribution in [0.4, 0.5) is 5.69 Å². The van der Waals surface area contributed by atoms with Crippen LogP contribution in [-0.2, 0) is 4.79 Å². The lowest BCUT2D eigenvalue weighted by atomic mass is 10.0. The summed E-state index contributed by atoms with van der Waals surface area (Å²) in [6.45, 7) is 1.28. The highest BCUT2D eigenvalue weighted by molar-refractivity contribution is 6.12. The summed E-state index contributed by atoms with van der Waals surface area (Å²) < 4.78 is 4.96. The van der Waals surface area contributed by atoms with Crippen LogP contribution in [0.3, 0.4) is 0 Å². The predicted molar refractivity (Wildman–Crippen MR) is 72.0 cm³/mol. The number of nitrogens with two attached hydrogens (primary N) is 1. The van der Waals surface area contributed by atoms with E-state index in [0.717, 1.165) is 0 Å². The smallest absolute Gasteiger partial charge is 0.308 e. The monoisotopic (exact) mass is 255 g/mol. The fourth-order valence-electron chi connectivity index (χ4n) is 1.73. The van der Waals surface area contributed by atoms with Crippen LogP contribution in [0.1, 0.15) is 22.8 Å². The van der Waals surface area contributed by atoms with Gasteiger partial charge in [0.15, 0.2) is 11.5 Å². The van der Waals surface area contributed by atoms with E-state index in [0.29, 0.717) is 11.1 Å². The van der Waals surface area contributed by atoms with Gasteiger partial charge in [0, 0.05) is 18.1 Å². The van der Waals surface area contributed by atoms with E-state index in [4.69, 9.17) is 10.5 Å². The summed E-state index contributed by atoms with van der Waals surface area (Å²) in [6.07, 6.45) is 0. The third-order valence-corrected chi connectivity index (χ3v) is 2.60. The van der Waals surface area contributed by atoms with E-state index >= 15 is 0 Å². The molecule has 0 aliphatic rings. The molecule has 0 aliphatic heterocycles. The molecule has 4 heteroatoms. The molecule has 0 aliphatic carbocycles. The van der Waals surface area contributed by atoms with Crippen molar-refractivity contribution in [2.75, 3.05) is 5.73 Å². The van der Waals surface area contributed by atoms with Crippen molar-refractivity contribution in [3.05, 3.63) is 59.7 Å². The summed E-state index contributed by atoms with van der Waals surface area (Å²) in [4.78, 5) is 23.2. The van der Waals surface area contributed by atoms with Gasteiger partial charge in [-0.25, -0.2) is 0 Å². The maximum absolute atomic E-state index is 12.3. The third kappa shape index (κ3) is 2.80. The van der Waals surface area contributed by atoms with Crippen molar-refractivity contribution in [2.45, 2.75) is 6.92 Å². The third-order valence-electron chi connectivity index (χ3n) is 2.60. The van der Waals surface area contributed by atoms with Crippen LogP contribution < -0.4 is 10.5 Å². The summed E-state index contributed by atoms with van der Waals surface area (Å²) >= 11 is 0. The fourth-order valence-corrected chi connectivity index (χ4v) is 1.73. The van der Waals surface area contributed by atoms with Gasteiger partial charge >= 0.3 is 5.97 Å². The van der Waals surface area contributed by atoms with E-state index in [1.54, 1.807) is 42.5 Å². The number of hydrogen-bond donors (Lipinski definition) is 1. The second-order valence-corrected chi connectivity index (χ2v) is 4.01. The molecule has 0 fully saturated rings. The highest BCUT2D eigenvalue weighted by atomic mass is 16.5. The number of carbonyl (C=O) groups excluding carboxylic acids is 2. The van der Waals surface area contributed by atoms with Crippen LogP contribution in [-0.4, -0.2) is 11.8 Å². The number of anilines is 1. The van der Waals surface area contributed by atoms with Gasteiger partial charge < -0.3 is 10.5 Å². The van der Waals surface area contributed by atoms with Crippen molar-refractivity contribution >= 4 is 17.4 Å². The van der Waals surface area contributed by atoms with Crippen molar-refractivity contribution in [3.8, 4) is 5.75 Å². The van der Waals surface area contributed by atoms with Gasteiger partial charge in [-0.1, -0.05) is 36.4 Å². The molecular formula is C15H13NO3. The lowest BCUT2D eigenvalue weighted by molar-refractivity contribution is -0.131. The lowest BCUT2D eigenvalue weighted by Gasteiger charge is -2.09.